The fourth-order valence-corrected chi connectivity index (χ4v) is 3.11. The van der Waals surface area contributed by atoms with Crippen molar-refractivity contribution in [2.24, 2.45) is 5.92 Å². The Morgan fingerprint density at radius 2 is 1.96 bits per heavy atom. The predicted molar refractivity (Wildman–Crippen MR) is 106 cm³/mol. The molecular weight excluding hydrogens is 342 g/mol. The monoisotopic (exact) mass is 369 g/mol. The lowest BCUT2D eigenvalue weighted by atomic mass is 10.1. The van der Waals surface area contributed by atoms with Crippen LogP contribution in [-0.4, -0.2) is 36.9 Å². The second-order valence-electron chi connectivity index (χ2n) is 7.52. The molecule has 0 aliphatic heterocycles. The molecular formula is C21H27N3O3. The summed E-state index contributed by atoms with van der Waals surface area (Å²) < 4.78 is 5.15. The van der Waals surface area contributed by atoms with Crippen molar-refractivity contribution < 1.29 is 14.0 Å². The molecule has 2 amide bonds. The Kier molecular flexibility index (Phi) is 5.54. The average molecular weight is 369 g/mol. The second-order valence-corrected chi connectivity index (χ2v) is 7.52. The van der Waals surface area contributed by atoms with Crippen molar-refractivity contribution in [2.75, 3.05) is 24.3 Å². The number of furan rings is 1. The van der Waals surface area contributed by atoms with Crippen LogP contribution in [0.2, 0.25) is 0 Å². The zero-order valence-electron chi connectivity index (χ0n) is 16.4. The van der Waals surface area contributed by atoms with E-state index in [0.29, 0.717) is 18.3 Å². The molecule has 1 heterocycles. The number of carbonyl (C=O) groups is 2. The third kappa shape index (κ3) is 4.51. The van der Waals surface area contributed by atoms with Gasteiger partial charge in [-0.25, -0.2) is 0 Å². The van der Waals surface area contributed by atoms with Gasteiger partial charge in [-0.2, -0.15) is 0 Å². The Morgan fingerprint density at radius 3 is 2.52 bits per heavy atom. The Morgan fingerprint density at radius 1 is 1.22 bits per heavy atom. The molecule has 0 radical (unpaired) electrons. The van der Waals surface area contributed by atoms with Gasteiger partial charge in [0.05, 0.1) is 6.26 Å². The summed E-state index contributed by atoms with van der Waals surface area (Å²) >= 11 is 0. The Labute approximate surface area is 160 Å². The van der Waals surface area contributed by atoms with Crippen LogP contribution in [0.1, 0.15) is 42.8 Å². The molecule has 3 rings (SSSR count). The van der Waals surface area contributed by atoms with E-state index in [1.165, 1.54) is 6.26 Å². The van der Waals surface area contributed by atoms with E-state index in [1.807, 2.05) is 55.9 Å². The highest BCUT2D eigenvalue weighted by Crippen LogP contribution is 2.32. The summed E-state index contributed by atoms with van der Waals surface area (Å²) in [6, 6.07) is 9.42. The standard InChI is InChI=1S/C21H27N3O3/c1-14(2)21(26)24(17-8-9-17)13-15-12-16(7-10-18(15)23(3)4)22-20(25)19-6-5-11-27-19/h5-7,10-12,14,17H,8-9,13H2,1-4H3,(H,22,25). The van der Waals surface area contributed by atoms with Gasteiger partial charge in [0.1, 0.15) is 0 Å². The highest BCUT2D eigenvalue weighted by Gasteiger charge is 2.34. The average Bonchev–Trinajstić information content (AvgIpc) is 3.31. The molecule has 1 N–H and O–H groups in total. The van der Waals surface area contributed by atoms with Gasteiger partial charge in [0.15, 0.2) is 5.76 Å². The van der Waals surface area contributed by atoms with E-state index in [2.05, 4.69) is 5.32 Å². The van der Waals surface area contributed by atoms with E-state index in [4.69, 9.17) is 4.42 Å². The third-order valence-electron chi connectivity index (χ3n) is 4.67. The maximum atomic E-state index is 12.7. The number of nitrogens with one attached hydrogen (secondary N) is 1. The molecule has 0 spiro atoms. The van der Waals surface area contributed by atoms with Crippen molar-refractivity contribution >= 4 is 23.2 Å². The van der Waals surface area contributed by atoms with Crippen LogP contribution in [0.25, 0.3) is 0 Å². The van der Waals surface area contributed by atoms with Gasteiger partial charge in [-0.3, -0.25) is 9.59 Å². The molecule has 0 bridgehead atoms. The van der Waals surface area contributed by atoms with Crippen molar-refractivity contribution in [3.05, 3.63) is 47.9 Å². The number of hydrogen-bond donors (Lipinski definition) is 1. The Balaban J connectivity index is 1.85. The first-order valence-electron chi connectivity index (χ1n) is 9.32. The van der Waals surface area contributed by atoms with Gasteiger partial charge < -0.3 is 19.5 Å². The molecule has 6 nitrogen and oxygen atoms in total. The lowest BCUT2D eigenvalue weighted by Gasteiger charge is -2.27. The summed E-state index contributed by atoms with van der Waals surface area (Å²) in [6.45, 7) is 4.41. The smallest absolute Gasteiger partial charge is 0.291 e. The van der Waals surface area contributed by atoms with Gasteiger partial charge in [-0.05, 0) is 48.7 Å². The molecule has 1 aliphatic rings. The maximum absolute atomic E-state index is 12.7. The van der Waals surface area contributed by atoms with Crippen LogP contribution < -0.4 is 10.2 Å². The first kappa shape index (κ1) is 19.0. The lowest BCUT2D eigenvalue weighted by Crippen LogP contribution is -2.36. The SMILES string of the molecule is CC(C)C(=O)N(Cc1cc(NC(=O)c2ccco2)ccc1N(C)C)C1CC1. The van der Waals surface area contributed by atoms with Gasteiger partial charge in [-0.15, -0.1) is 0 Å². The van der Waals surface area contributed by atoms with Crippen LogP contribution in [0.4, 0.5) is 11.4 Å². The van der Waals surface area contributed by atoms with Crippen LogP contribution in [0.15, 0.2) is 41.0 Å². The van der Waals surface area contributed by atoms with Crippen LogP contribution in [0, 0.1) is 5.92 Å². The molecule has 6 heteroatoms. The highest BCUT2D eigenvalue weighted by atomic mass is 16.3. The molecule has 1 fully saturated rings. The van der Waals surface area contributed by atoms with Gasteiger partial charge in [-0.1, -0.05) is 13.8 Å². The molecule has 1 aromatic carbocycles. The minimum Gasteiger partial charge on any atom is -0.459 e. The van der Waals surface area contributed by atoms with Crippen molar-refractivity contribution in [1.82, 2.24) is 4.90 Å². The third-order valence-corrected chi connectivity index (χ3v) is 4.67. The summed E-state index contributed by atoms with van der Waals surface area (Å²) in [4.78, 5) is 28.9. The number of anilines is 2. The first-order chi connectivity index (χ1) is 12.9. The molecule has 144 valence electrons. The van der Waals surface area contributed by atoms with Crippen molar-refractivity contribution in [3.63, 3.8) is 0 Å². The molecule has 0 saturated heterocycles. The zero-order valence-corrected chi connectivity index (χ0v) is 16.4. The topological polar surface area (TPSA) is 65.8 Å². The number of hydrogen-bond acceptors (Lipinski definition) is 4. The molecule has 0 unspecified atom stereocenters. The van der Waals surface area contributed by atoms with E-state index in [0.717, 1.165) is 24.1 Å². The van der Waals surface area contributed by atoms with E-state index in [1.54, 1.807) is 12.1 Å². The summed E-state index contributed by atoms with van der Waals surface area (Å²) in [5.74, 6) is 0.117. The minimum absolute atomic E-state index is 0.0322. The summed E-state index contributed by atoms with van der Waals surface area (Å²) in [5.41, 5.74) is 2.73. The van der Waals surface area contributed by atoms with Gasteiger partial charge in [0.2, 0.25) is 5.91 Å². The second kappa shape index (κ2) is 7.86. The van der Waals surface area contributed by atoms with Crippen LogP contribution in [-0.2, 0) is 11.3 Å². The van der Waals surface area contributed by atoms with E-state index >= 15 is 0 Å². The largest absolute Gasteiger partial charge is 0.459 e. The molecule has 2 aromatic rings. The quantitative estimate of drug-likeness (QED) is 0.807. The number of benzene rings is 1. The molecule has 1 aromatic heterocycles. The van der Waals surface area contributed by atoms with Gasteiger partial charge in [0.25, 0.3) is 5.91 Å². The number of carbonyl (C=O) groups excluding carboxylic acids is 2. The zero-order chi connectivity index (χ0) is 19.6. The number of amides is 2. The Bertz CT molecular complexity index is 808. The highest BCUT2D eigenvalue weighted by molar-refractivity contribution is 6.02. The number of rotatable bonds is 7. The first-order valence-corrected chi connectivity index (χ1v) is 9.32. The fourth-order valence-electron chi connectivity index (χ4n) is 3.11. The van der Waals surface area contributed by atoms with Crippen molar-refractivity contribution in [3.8, 4) is 0 Å². The molecule has 27 heavy (non-hydrogen) atoms. The van der Waals surface area contributed by atoms with Gasteiger partial charge >= 0.3 is 0 Å². The fraction of sp³-hybridized carbons (Fsp3) is 0.429. The van der Waals surface area contributed by atoms with E-state index < -0.39 is 0 Å². The predicted octanol–water partition coefficient (Wildman–Crippen LogP) is 3.74. The molecule has 1 aliphatic carbocycles. The lowest BCUT2D eigenvalue weighted by molar-refractivity contribution is -0.135. The Hall–Kier alpha value is -2.76. The van der Waals surface area contributed by atoms with Crippen LogP contribution in [0.3, 0.4) is 0 Å². The van der Waals surface area contributed by atoms with Crippen LogP contribution >= 0.6 is 0 Å². The summed E-state index contributed by atoms with van der Waals surface area (Å²) in [5, 5.41) is 2.87. The van der Waals surface area contributed by atoms with Crippen molar-refractivity contribution in [2.45, 2.75) is 39.3 Å². The number of nitrogens with zero attached hydrogens (tertiary/aromatic N) is 2. The van der Waals surface area contributed by atoms with Crippen LogP contribution in [0.5, 0.6) is 0 Å². The summed E-state index contributed by atoms with van der Waals surface area (Å²) in [6.07, 6.45) is 3.59. The van der Waals surface area contributed by atoms with E-state index in [-0.39, 0.29) is 23.5 Å². The normalized spacial score (nSPS) is 13.5. The summed E-state index contributed by atoms with van der Waals surface area (Å²) in [7, 11) is 3.96. The van der Waals surface area contributed by atoms with Crippen molar-refractivity contribution in [1.29, 1.82) is 0 Å². The van der Waals surface area contributed by atoms with Gasteiger partial charge in [0, 0.05) is 44.0 Å². The molecule has 1 saturated carbocycles. The van der Waals surface area contributed by atoms with E-state index in [9.17, 15) is 9.59 Å². The minimum atomic E-state index is -0.291. The molecule has 0 atom stereocenters. The maximum Gasteiger partial charge on any atom is 0.291 e.